The summed E-state index contributed by atoms with van der Waals surface area (Å²) in [6, 6.07) is 5.27. The molecule has 0 spiro atoms. The smallest absolute Gasteiger partial charge is 0.367 e. The standard InChI is InChI=1S/C13H14ClF3N2/c14-11-1-2-12(9(7-11)8-18)19-5-3-10(4-6-19)13(15,16)17/h1-3,7H,4-6,8,18H2. The van der Waals surface area contributed by atoms with Gasteiger partial charge in [0.15, 0.2) is 0 Å². The minimum absolute atomic E-state index is 0.00383. The Balaban J connectivity index is 2.20. The van der Waals surface area contributed by atoms with E-state index in [9.17, 15) is 13.2 Å². The van der Waals surface area contributed by atoms with Gasteiger partial charge in [-0.25, -0.2) is 0 Å². The quantitative estimate of drug-likeness (QED) is 0.845. The average Bonchev–Trinajstić information content (AvgIpc) is 2.37. The van der Waals surface area contributed by atoms with Gasteiger partial charge < -0.3 is 10.6 Å². The second-order valence-corrected chi connectivity index (χ2v) is 4.84. The fourth-order valence-corrected chi connectivity index (χ4v) is 2.37. The molecule has 0 radical (unpaired) electrons. The third-order valence-electron chi connectivity index (χ3n) is 3.18. The molecule has 6 heteroatoms. The van der Waals surface area contributed by atoms with Gasteiger partial charge >= 0.3 is 6.18 Å². The topological polar surface area (TPSA) is 29.3 Å². The summed E-state index contributed by atoms with van der Waals surface area (Å²) in [6.07, 6.45) is -2.99. The second kappa shape index (κ2) is 5.43. The van der Waals surface area contributed by atoms with Gasteiger partial charge in [-0.1, -0.05) is 17.7 Å². The lowest BCUT2D eigenvalue weighted by Gasteiger charge is -2.30. The van der Waals surface area contributed by atoms with Crippen molar-refractivity contribution in [2.24, 2.45) is 5.73 Å². The molecule has 0 bridgehead atoms. The maximum absolute atomic E-state index is 12.5. The monoisotopic (exact) mass is 290 g/mol. The number of nitrogens with two attached hydrogens (primary N) is 1. The molecule has 0 unspecified atom stereocenters. The molecule has 0 saturated carbocycles. The zero-order chi connectivity index (χ0) is 14.0. The molecule has 1 aromatic carbocycles. The summed E-state index contributed by atoms with van der Waals surface area (Å²) in [5.74, 6) is 0. The highest BCUT2D eigenvalue weighted by Crippen LogP contribution is 2.32. The Labute approximate surface area is 114 Å². The summed E-state index contributed by atoms with van der Waals surface area (Å²) in [4.78, 5) is 1.88. The van der Waals surface area contributed by atoms with E-state index in [4.69, 9.17) is 17.3 Å². The molecular formula is C13H14ClF3N2. The van der Waals surface area contributed by atoms with Crippen LogP contribution < -0.4 is 10.6 Å². The van der Waals surface area contributed by atoms with Crippen molar-refractivity contribution in [2.45, 2.75) is 19.1 Å². The Kier molecular flexibility index (Phi) is 4.06. The van der Waals surface area contributed by atoms with Crippen LogP contribution in [-0.4, -0.2) is 19.3 Å². The first-order chi connectivity index (χ1) is 8.91. The highest BCUT2D eigenvalue weighted by Gasteiger charge is 2.34. The van der Waals surface area contributed by atoms with Gasteiger partial charge in [0, 0.05) is 35.9 Å². The number of hydrogen-bond donors (Lipinski definition) is 1. The lowest BCUT2D eigenvalue weighted by atomic mass is 10.1. The zero-order valence-electron chi connectivity index (χ0n) is 10.2. The highest BCUT2D eigenvalue weighted by molar-refractivity contribution is 6.30. The number of hydrogen-bond acceptors (Lipinski definition) is 2. The molecule has 1 aromatic rings. The number of alkyl halides is 3. The summed E-state index contributed by atoms with van der Waals surface area (Å²) >= 11 is 5.88. The van der Waals surface area contributed by atoms with Crippen molar-refractivity contribution in [1.82, 2.24) is 0 Å². The van der Waals surface area contributed by atoms with Crippen LogP contribution in [0.1, 0.15) is 12.0 Å². The van der Waals surface area contributed by atoms with Gasteiger partial charge in [-0.05, 0) is 30.2 Å². The molecule has 2 nitrogen and oxygen atoms in total. The van der Waals surface area contributed by atoms with Crippen LogP contribution in [0, 0.1) is 0 Å². The molecule has 19 heavy (non-hydrogen) atoms. The van der Waals surface area contributed by atoms with E-state index in [0.717, 1.165) is 11.3 Å². The Morgan fingerprint density at radius 2 is 2.05 bits per heavy atom. The second-order valence-electron chi connectivity index (χ2n) is 4.40. The van der Waals surface area contributed by atoms with Gasteiger partial charge in [0.1, 0.15) is 0 Å². The number of benzene rings is 1. The first kappa shape index (κ1) is 14.2. The van der Waals surface area contributed by atoms with Gasteiger partial charge in [0.05, 0.1) is 0 Å². The first-order valence-electron chi connectivity index (χ1n) is 5.91. The molecule has 1 aliphatic rings. The van der Waals surface area contributed by atoms with E-state index in [1.165, 1.54) is 6.08 Å². The fourth-order valence-electron chi connectivity index (χ4n) is 2.17. The zero-order valence-corrected chi connectivity index (χ0v) is 10.9. The number of halogens is 4. The molecule has 1 heterocycles. The third-order valence-corrected chi connectivity index (χ3v) is 3.41. The van der Waals surface area contributed by atoms with Crippen molar-refractivity contribution >= 4 is 17.3 Å². The minimum Gasteiger partial charge on any atom is -0.367 e. The van der Waals surface area contributed by atoms with Gasteiger partial charge in [0.2, 0.25) is 0 Å². The SMILES string of the molecule is NCc1cc(Cl)ccc1N1CC=C(C(F)(F)F)CC1. The Bertz CT molecular complexity index is 497. The molecule has 0 aromatic heterocycles. The molecule has 0 amide bonds. The van der Waals surface area contributed by atoms with Gasteiger partial charge in [-0.15, -0.1) is 0 Å². The summed E-state index contributed by atoms with van der Waals surface area (Å²) in [6.45, 7) is 0.881. The predicted octanol–water partition coefficient (Wildman–Crippen LogP) is 3.50. The van der Waals surface area contributed by atoms with Crippen molar-refractivity contribution in [3.8, 4) is 0 Å². The molecule has 0 saturated heterocycles. The van der Waals surface area contributed by atoms with Crippen molar-refractivity contribution in [3.05, 3.63) is 40.4 Å². The molecular weight excluding hydrogens is 277 g/mol. The molecule has 0 fully saturated rings. The van der Waals surface area contributed by atoms with E-state index in [1.807, 2.05) is 4.90 Å². The van der Waals surface area contributed by atoms with Crippen LogP contribution in [-0.2, 0) is 6.54 Å². The minimum atomic E-state index is -4.22. The normalized spacial score (nSPS) is 16.5. The van der Waals surface area contributed by atoms with E-state index in [-0.39, 0.29) is 13.0 Å². The summed E-state index contributed by atoms with van der Waals surface area (Å²) < 4.78 is 37.6. The summed E-state index contributed by atoms with van der Waals surface area (Å²) in [5, 5.41) is 0.577. The maximum Gasteiger partial charge on any atom is 0.412 e. The highest BCUT2D eigenvalue weighted by atomic mass is 35.5. The Morgan fingerprint density at radius 3 is 2.58 bits per heavy atom. The average molecular weight is 291 g/mol. The molecule has 0 atom stereocenters. The van der Waals surface area contributed by atoms with Crippen molar-refractivity contribution in [3.63, 3.8) is 0 Å². The van der Waals surface area contributed by atoms with Crippen molar-refractivity contribution in [1.29, 1.82) is 0 Å². The van der Waals surface area contributed by atoms with Gasteiger partial charge in [-0.2, -0.15) is 13.2 Å². The Hall–Kier alpha value is -1.20. The number of nitrogens with zero attached hydrogens (tertiary/aromatic N) is 1. The van der Waals surface area contributed by atoms with Crippen LogP contribution in [0.5, 0.6) is 0 Å². The van der Waals surface area contributed by atoms with E-state index in [0.29, 0.717) is 18.1 Å². The van der Waals surface area contributed by atoms with E-state index >= 15 is 0 Å². The van der Waals surface area contributed by atoms with E-state index < -0.39 is 11.7 Å². The lowest BCUT2D eigenvalue weighted by molar-refractivity contribution is -0.0943. The van der Waals surface area contributed by atoms with Crippen molar-refractivity contribution in [2.75, 3.05) is 18.0 Å². The van der Waals surface area contributed by atoms with Gasteiger partial charge in [0.25, 0.3) is 0 Å². The third kappa shape index (κ3) is 3.22. The molecule has 2 rings (SSSR count). The Morgan fingerprint density at radius 1 is 1.32 bits per heavy atom. The van der Waals surface area contributed by atoms with Crippen LogP contribution in [0.3, 0.4) is 0 Å². The number of rotatable bonds is 2. The van der Waals surface area contributed by atoms with Crippen LogP contribution in [0.2, 0.25) is 5.02 Å². The largest absolute Gasteiger partial charge is 0.412 e. The van der Waals surface area contributed by atoms with Crippen LogP contribution >= 0.6 is 11.6 Å². The van der Waals surface area contributed by atoms with Crippen molar-refractivity contribution < 1.29 is 13.2 Å². The molecule has 104 valence electrons. The van der Waals surface area contributed by atoms with E-state index in [1.54, 1.807) is 18.2 Å². The summed E-state index contributed by atoms with van der Waals surface area (Å²) in [7, 11) is 0. The predicted molar refractivity (Wildman–Crippen MR) is 70.3 cm³/mol. The maximum atomic E-state index is 12.5. The van der Waals surface area contributed by atoms with Crippen LogP contribution in [0.15, 0.2) is 29.8 Å². The molecule has 1 aliphatic heterocycles. The van der Waals surface area contributed by atoms with E-state index in [2.05, 4.69) is 0 Å². The first-order valence-corrected chi connectivity index (χ1v) is 6.29. The molecule has 2 N–H and O–H groups in total. The fraction of sp³-hybridized carbons (Fsp3) is 0.385. The van der Waals surface area contributed by atoms with Crippen LogP contribution in [0.4, 0.5) is 18.9 Å². The van der Waals surface area contributed by atoms with Crippen LogP contribution in [0.25, 0.3) is 0 Å². The summed E-state index contributed by atoms with van der Waals surface area (Å²) in [5.41, 5.74) is 6.89. The van der Waals surface area contributed by atoms with Gasteiger partial charge in [-0.3, -0.25) is 0 Å². The lowest BCUT2D eigenvalue weighted by Crippen LogP contribution is -2.32. The number of anilines is 1. The molecule has 0 aliphatic carbocycles.